The molecule has 1 N–H and O–H groups in total. The molecule has 5 heteroatoms. The molecule has 2 heterocycles. The van der Waals surface area contributed by atoms with Crippen molar-refractivity contribution < 1.29 is 9.90 Å². The SMILES string of the molecule is Cc1cscc1-c1nc2c(s1)CCCC2C(=O)O. The Bertz CT molecular complexity index is 600. The van der Waals surface area contributed by atoms with Gasteiger partial charge in [-0.25, -0.2) is 4.98 Å². The van der Waals surface area contributed by atoms with Crippen molar-refractivity contribution in [1.82, 2.24) is 4.98 Å². The Kier molecular flexibility index (Phi) is 2.95. The highest BCUT2D eigenvalue weighted by molar-refractivity contribution is 7.15. The summed E-state index contributed by atoms with van der Waals surface area (Å²) in [6.45, 7) is 2.07. The van der Waals surface area contributed by atoms with Crippen LogP contribution < -0.4 is 0 Å². The molecule has 0 aliphatic heterocycles. The Morgan fingerprint density at radius 2 is 2.33 bits per heavy atom. The summed E-state index contributed by atoms with van der Waals surface area (Å²) < 4.78 is 0. The first-order valence-electron chi connectivity index (χ1n) is 5.92. The number of aromatic nitrogens is 1. The summed E-state index contributed by atoms with van der Waals surface area (Å²) in [6, 6.07) is 0. The van der Waals surface area contributed by atoms with Gasteiger partial charge in [-0.15, -0.1) is 11.3 Å². The van der Waals surface area contributed by atoms with Crippen molar-refractivity contribution >= 4 is 28.6 Å². The number of fused-ring (bicyclic) bond motifs is 1. The molecule has 0 amide bonds. The largest absolute Gasteiger partial charge is 0.481 e. The summed E-state index contributed by atoms with van der Waals surface area (Å²) in [5, 5.41) is 14.4. The van der Waals surface area contributed by atoms with Crippen LogP contribution in [0.2, 0.25) is 0 Å². The standard InChI is InChI=1S/C13H13NO2S2/c1-7-5-17-6-9(7)12-14-11-8(13(15)16)3-2-4-10(11)18-12/h5-6,8H,2-4H2,1H3,(H,15,16). The van der Waals surface area contributed by atoms with Gasteiger partial charge in [0.05, 0.1) is 11.6 Å². The first kappa shape index (κ1) is 11.9. The van der Waals surface area contributed by atoms with E-state index in [1.165, 1.54) is 5.56 Å². The highest BCUT2D eigenvalue weighted by Crippen LogP contribution is 2.39. The van der Waals surface area contributed by atoms with Gasteiger partial charge in [0.25, 0.3) is 0 Å². The Hall–Kier alpha value is -1.20. The Labute approximate surface area is 113 Å². The van der Waals surface area contributed by atoms with Gasteiger partial charge in [-0.05, 0) is 37.1 Å². The minimum Gasteiger partial charge on any atom is -0.481 e. The fourth-order valence-electron chi connectivity index (χ4n) is 2.35. The maximum absolute atomic E-state index is 11.2. The number of carboxylic acids is 1. The summed E-state index contributed by atoms with van der Waals surface area (Å²) in [6.07, 6.45) is 2.64. The number of aliphatic carboxylic acids is 1. The molecule has 2 aromatic heterocycles. The van der Waals surface area contributed by atoms with E-state index in [0.717, 1.165) is 34.0 Å². The summed E-state index contributed by atoms with van der Waals surface area (Å²) >= 11 is 3.33. The lowest BCUT2D eigenvalue weighted by Gasteiger charge is -2.16. The highest BCUT2D eigenvalue weighted by Gasteiger charge is 2.30. The van der Waals surface area contributed by atoms with Crippen molar-refractivity contribution in [3.63, 3.8) is 0 Å². The van der Waals surface area contributed by atoms with Crippen LogP contribution in [-0.2, 0) is 11.2 Å². The van der Waals surface area contributed by atoms with Gasteiger partial charge < -0.3 is 5.11 Å². The van der Waals surface area contributed by atoms with Crippen LogP contribution in [0.25, 0.3) is 10.6 Å². The number of hydrogen-bond donors (Lipinski definition) is 1. The number of nitrogens with zero attached hydrogens (tertiary/aromatic N) is 1. The third-order valence-corrected chi connectivity index (χ3v) is 5.36. The molecule has 1 unspecified atom stereocenters. The van der Waals surface area contributed by atoms with E-state index in [-0.39, 0.29) is 0 Å². The van der Waals surface area contributed by atoms with Gasteiger partial charge in [-0.1, -0.05) is 0 Å². The first-order chi connectivity index (χ1) is 8.66. The van der Waals surface area contributed by atoms with Gasteiger partial charge in [0, 0.05) is 15.8 Å². The number of thiazole rings is 1. The monoisotopic (exact) mass is 279 g/mol. The molecule has 0 spiro atoms. The van der Waals surface area contributed by atoms with Crippen molar-refractivity contribution in [1.29, 1.82) is 0 Å². The number of carbonyl (C=O) groups is 1. The van der Waals surface area contributed by atoms with Crippen LogP contribution in [0.15, 0.2) is 10.8 Å². The zero-order chi connectivity index (χ0) is 12.7. The highest BCUT2D eigenvalue weighted by atomic mass is 32.1. The maximum Gasteiger partial charge on any atom is 0.312 e. The van der Waals surface area contributed by atoms with E-state index in [2.05, 4.69) is 22.7 Å². The molecule has 18 heavy (non-hydrogen) atoms. The third-order valence-electron chi connectivity index (χ3n) is 3.34. The Morgan fingerprint density at radius 1 is 1.50 bits per heavy atom. The second-order valence-electron chi connectivity index (χ2n) is 4.58. The molecule has 0 radical (unpaired) electrons. The maximum atomic E-state index is 11.2. The molecule has 3 rings (SSSR count). The van der Waals surface area contributed by atoms with Crippen LogP contribution in [-0.4, -0.2) is 16.1 Å². The van der Waals surface area contributed by atoms with E-state index in [4.69, 9.17) is 0 Å². The molecular formula is C13H13NO2S2. The number of carboxylic acid groups (broad SMARTS) is 1. The zero-order valence-corrected chi connectivity index (χ0v) is 11.6. The number of thiophene rings is 1. The lowest BCUT2D eigenvalue weighted by Crippen LogP contribution is -2.17. The lowest BCUT2D eigenvalue weighted by atomic mass is 9.91. The predicted molar refractivity (Wildman–Crippen MR) is 73.5 cm³/mol. The zero-order valence-electron chi connectivity index (χ0n) is 9.97. The van der Waals surface area contributed by atoms with E-state index in [9.17, 15) is 9.90 Å². The van der Waals surface area contributed by atoms with Gasteiger partial charge in [-0.2, -0.15) is 11.3 Å². The van der Waals surface area contributed by atoms with E-state index >= 15 is 0 Å². The van der Waals surface area contributed by atoms with Crippen LogP contribution in [0.1, 0.15) is 34.9 Å². The lowest BCUT2D eigenvalue weighted by molar-refractivity contribution is -0.139. The fourth-order valence-corrected chi connectivity index (χ4v) is 4.51. The van der Waals surface area contributed by atoms with Gasteiger partial charge in [-0.3, -0.25) is 4.79 Å². The topological polar surface area (TPSA) is 50.2 Å². The molecule has 3 nitrogen and oxygen atoms in total. The average molecular weight is 279 g/mol. The predicted octanol–water partition coefficient (Wildman–Crippen LogP) is 3.68. The van der Waals surface area contributed by atoms with E-state index < -0.39 is 11.9 Å². The molecular weight excluding hydrogens is 266 g/mol. The van der Waals surface area contributed by atoms with E-state index in [1.807, 2.05) is 0 Å². The Morgan fingerprint density at radius 3 is 3.00 bits per heavy atom. The summed E-state index contributed by atoms with van der Waals surface area (Å²) in [4.78, 5) is 17.0. The van der Waals surface area contributed by atoms with Gasteiger partial charge in [0.2, 0.25) is 0 Å². The van der Waals surface area contributed by atoms with Crippen molar-refractivity contribution in [2.75, 3.05) is 0 Å². The van der Waals surface area contributed by atoms with Gasteiger partial charge in [0.1, 0.15) is 5.01 Å². The van der Waals surface area contributed by atoms with Crippen molar-refractivity contribution in [3.8, 4) is 10.6 Å². The quantitative estimate of drug-likeness (QED) is 0.912. The second-order valence-corrected chi connectivity index (χ2v) is 6.41. The molecule has 0 fully saturated rings. The van der Waals surface area contributed by atoms with E-state index in [1.54, 1.807) is 22.7 Å². The summed E-state index contributed by atoms with van der Waals surface area (Å²) in [5.41, 5.74) is 3.18. The van der Waals surface area contributed by atoms with Crippen LogP contribution >= 0.6 is 22.7 Å². The minimum absolute atomic E-state index is 0.405. The van der Waals surface area contributed by atoms with Crippen molar-refractivity contribution in [2.24, 2.45) is 0 Å². The Balaban J connectivity index is 2.06. The molecule has 0 bridgehead atoms. The number of rotatable bonds is 2. The van der Waals surface area contributed by atoms with Crippen molar-refractivity contribution in [3.05, 3.63) is 26.9 Å². The first-order valence-corrected chi connectivity index (χ1v) is 7.68. The van der Waals surface area contributed by atoms with Crippen molar-refractivity contribution in [2.45, 2.75) is 32.1 Å². The van der Waals surface area contributed by atoms with Gasteiger partial charge >= 0.3 is 5.97 Å². The van der Waals surface area contributed by atoms with Crippen LogP contribution in [0, 0.1) is 6.92 Å². The third kappa shape index (κ3) is 1.87. The fraction of sp³-hybridized carbons (Fsp3) is 0.385. The second kappa shape index (κ2) is 4.48. The number of hydrogen-bond acceptors (Lipinski definition) is 4. The summed E-state index contributed by atoms with van der Waals surface area (Å²) in [7, 11) is 0. The molecule has 1 atom stereocenters. The molecule has 1 aliphatic rings. The normalized spacial score (nSPS) is 18.6. The van der Waals surface area contributed by atoms with Crippen LogP contribution in [0.3, 0.4) is 0 Å². The molecule has 0 aromatic carbocycles. The molecule has 94 valence electrons. The smallest absolute Gasteiger partial charge is 0.312 e. The molecule has 2 aromatic rings. The molecule has 1 aliphatic carbocycles. The average Bonchev–Trinajstić information content (AvgIpc) is 2.92. The minimum atomic E-state index is -0.741. The molecule has 0 saturated carbocycles. The van der Waals surface area contributed by atoms with Crippen LogP contribution in [0.5, 0.6) is 0 Å². The number of aryl methyl sites for hydroxylation is 2. The molecule has 0 saturated heterocycles. The summed E-state index contributed by atoms with van der Waals surface area (Å²) in [5.74, 6) is -1.15. The van der Waals surface area contributed by atoms with E-state index in [0.29, 0.717) is 6.42 Å². The van der Waals surface area contributed by atoms with Crippen LogP contribution in [0.4, 0.5) is 0 Å². The van der Waals surface area contributed by atoms with Gasteiger partial charge in [0.15, 0.2) is 0 Å².